The highest BCUT2D eigenvalue weighted by Gasteiger charge is 2.34. The molecule has 1 fully saturated rings. The van der Waals surface area contributed by atoms with E-state index in [-0.39, 0.29) is 42.9 Å². The molecule has 0 N–H and O–H groups in total. The summed E-state index contributed by atoms with van der Waals surface area (Å²) in [5, 5.41) is 11.2. The summed E-state index contributed by atoms with van der Waals surface area (Å²) in [6.07, 6.45) is 1.21. The fourth-order valence-electron chi connectivity index (χ4n) is 3.71. The molecule has 8 nitrogen and oxygen atoms in total. The van der Waals surface area contributed by atoms with Gasteiger partial charge >= 0.3 is 0 Å². The number of nitro groups is 1. The van der Waals surface area contributed by atoms with E-state index in [0.29, 0.717) is 6.42 Å². The zero-order chi connectivity index (χ0) is 21.7. The Balaban J connectivity index is 1.66. The number of hydrogen-bond donors (Lipinski definition) is 0. The number of benzene rings is 2. The first-order valence-electron chi connectivity index (χ1n) is 9.91. The van der Waals surface area contributed by atoms with E-state index in [1.807, 2.05) is 37.3 Å². The Morgan fingerprint density at radius 3 is 2.23 bits per heavy atom. The normalized spacial score (nSPS) is 16.2. The number of hydrogen-bond acceptors (Lipinski definition) is 5. The summed E-state index contributed by atoms with van der Waals surface area (Å²) < 4.78 is 27.0. The predicted octanol–water partition coefficient (Wildman–Crippen LogP) is 3.01. The minimum absolute atomic E-state index is 0.00607. The Labute approximate surface area is 176 Å². The van der Waals surface area contributed by atoms with Gasteiger partial charge in [0.05, 0.1) is 4.92 Å². The second-order valence-electron chi connectivity index (χ2n) is 7.23. The van der Waals surface area contributed by atoms with E-state index in [2.05, 4.69) is 0 Å². The number of carbonyl (C=O) groups excluding carboxylic acids is 1. The van der Waals surface area contributed by atoms with E-state index in [4.69, 9.17) is 0 Å². The SMILES string of the molecule is CCC(CC(=O)N1CCN(S(=O)(=O)c2ccccc2[N+](=O)[O-])CC1)c1ccccc1. The van der Waals surface area contributed by atoms with Crippen molar-refractivity contribution in [1.29, 1.82) is 0 Å². The zero-order valence-electron chi connectivity index (χ0n) is 16.8. The van der Waals surface area contributed by atoms with Crippen LogP contribution in [0.4, 0.5) is 5.69 Å². The summed E-state index contributed by atoms with van der Waals surface area (Å²) in [6, 6.07) is 15.2. The Hall–Kier alpha value is -2.78. The van der Waals surface area contributed by atoms with Crippen molar-refractivity contribution in [2.45, 2.75) is 30.6 Å². The first-order chi connectivity index (χ1) is 14.3. The monoisotopic (exact) mass is 431 g/mol. The van der Waals surface area contributed by atoms with Gasteiger partial charge in [-0.05, 0) is 24.0 Å². The van der Waals surface area contributed by atoms with E-state index in [1.54, 1.807) is 4.90 Å². The van der Waals surface area contributed by atoms with Crippen LogP contribution in [0.1, 0.15) is 31.2 Å². The number of nitrogens with zero attached hydrogens (tertiary/aromatic N) is 3. The summed E-state index contributed by atoms with van der Waals surface area (Å²) in [4.78, 5) is 24.7. The highest BCUT2D eigenvalue weighted by molar-refractivity contribution is 7.89. The van der Waals surface area contributed by atoms with Crippen LogP contribution in [0.15, 0.2) is 59.5 Å². The molecule has 0 aliphatic carbocycles. The molecule has 1 amide bonds. The number of rotatable bonds is 7. The molecule has 0 spiro atoms. The molecule has 0 saturated carbocycles. The van der Waals surface area contributed by atoms with Gasteiger partial charge in [-0.2, -0.15) is 4.31 Å². The quantitative estimate of drug-likeness (QED) is 0.495. The molecule has 1 unspecified atom stereocenters. The molecule has 0 bridgehead atoms. The van der Waals surface area contributed by atoms with Gasteiger partial charge in [-0.3, -0.25) is 14.9 Å². The minimum atomic E-state index is -4.00. The van der Waals surface area contributed by atoms with Crippen molar-refractivity contribution < 1.29 is 18.1 Å². The lowest BCUT2D eigenvalue weighted by molar-refractivity contribution is -0.387. The van der Waals surface area contributed by atoms with E-state index >= 15 is 0 Å². The fraction of sp³-hybridized carbons (Fsp3) is 0.381. The molecule has 3 rings (SSSR count). The number of amides is 1. The van der Waals surface area contributed by atoms with Crippen LogP contribution in [0.3, 0.4) is 0 Å². The van der Waals surface area contributed by atoms with Gasteiger partial charge in [-0.1, -0.05) is 49.4 Å². The molecule has 2 aromatic rings. The molecule has 1 aliphatic heterocycles. The lowest BCUT2D eigenvalue weighted by atomic mass is 9.92. The minimum Gasteiger partial charge on any atom is -0.340 e. The third-order valence-corrected chi connectivity index (χ3v) is 7.40. The highest BCUT2D eigenvalue weighted by Crippen LogP contribution is 2.28. The van der Waals surface area contributed by atoms with Gasteiger partial charge in [-0.15, -0.1) is 0 Å². The number of nitro benzene ring substituents is 1. The molecule has 30 heavy (non-hydrogen) atoms. The molecule has 0 aromatic heterocycles. The van der Waals surface area contributed by atoms with Crippen molar-refractivity contribution in [2.24, 2.45) is 0 Å². The molecule has 9 heteroatoms. The van der Waals surface area contributed by atoms with Crippen LogP contribution in [0.5, 0.6) is 0 Å². The van der Waals surface area contributed by atoms with Crippen LogP contribution >= 0.6 is 0 Å². The standard InChI is InChI=1S/C21H25N3O5S/c1-2-17(18-8-4-3-5-9-18)16-21(25)22-12-14-23(15-13-22)30(28,29)20-11-7-6-10-19(20)24(26)27/h3-11,17H,2,12-16H2,1H3. The molecule has 1 atom stereocenters. The third kappa shape index (κ3) is 4.68. The third-order valence-electron chi connectivity index (χ3n) is 5.46. The Kier molecular flexibility index (Phi) is 6.84. The van der Waals surface area contributed by atoms with Crippen molar-refractivity contribution in [3.8, 4) is 0 Å². The van der Waals surface area contributed by atoms with Gasteiger partial charge in [0.15, 0.2) is 4.90 Å². The van der Waals surface area contributed by atoms with Gasteiger partial charge in [0.2, 0.25) is 15.9 Å². The number of sulfonamides is 1. The number of piperazine rings is 1. The average Bonchev–Trinajstić information content (AvgIpc) is 2.78. The lowest BCUT2D eigenvalue weighted by Crippen LogP contribution is -2.50. The van der Waals surface area contributed by atoms with Gasteiger partial charge in [0.1, 0.15) is 0 Å². The second kappa shape index (κ2) is 9.36. The summed E-state index contributed by atoms with van der Waals surface area (Å²) in [5.74, 6) is 0.112. The van der Waals surface area contributed by atoms with Crippen LogP contribution in [-0.2, 0) is 14.8 Å². The maximum Gasteiger partial charge on any atom is 0.289 e. The number of para-hydroxylation sites is 1. The van der Waals surface area contributed by atoms with Gasteiger partial charge in [0, 0.05) is 38.7 Å². The molecule has 1 heterocycles. The van der Waals surface area contributed by atoms with E-state index < -0.39 is 20.6 Å². The predicted molar refractivity (Wildman–Crippen MR) is 113 cm³/mol. The first kappa shape index (κ1) is 21.9. The van der Waals surface area contributed by atoms with Crippen LogP contribution in [0.25, 0.3) is 0 Å². The van der Waals surface area contributed by atoms with Crippen molar-refractivity contribution in [2.75, 3.05) is 26.2 Å². The van der Waals surface area contributed by atoms with Crippen LogP contribution in [0.2, 0.25) is 0 Å². The molecule has 1 saturated heterocycles. The van der Waals surface area contributed by atoms with Crippen LogP contribution in [0, 0.1) is 10.1 Å². The van der Waals surface area contributed by atoms with Gasteiger partial charge < -0.3 is 4.90 Å². The van der Waals surface area contributed by atoms with Gasteiger partial charge in [0.25, 0.3) is 5.69 Å². The number of carbonyl (C=O) groups is 1. The van der Waals surface area contributed by atoms with Crippen molar-refractivity contribution >= 4 is 21.6 Å². The van der Waals surface area contributed by atoms with Crippen molar-refractivity contribution in [1.82, 2.24) is 9.21 Å². The molecule has 2 aromatic carbocycles. The Morgan fingerprint density at radius 2 is 1.63 bits per heavy atom. The average molecular weight is 432 g/mol. The van der Waals surface area contributed by atoms with E-state index in [1.165, 1.54) is 28.6 Å². The van der Waals surface area contributed by atoms with E-state index in [0.717, 1.165) is 12.0 Å². The Morgan fingerprint density at radius 1 is 1.03 bits per heavy atom. The summed E-state index contributed by atoms with van der Waals surface area (Å²) in [5.41, 5.74) is 0.676. The van der Waals surface area contributed by atoms with Gasteiger partial charge in [-0.25, -0.2) is 8.42 Å². The highest BCUT2D eigenvalue weighted by atomic mass is 32.2. The summed E-state index contributed by atoms with van der Waals surface area (Å²) in [7, 11) is -4.00. The maximum atomic E-state index is 12.9. The topological polar surface area (TPSA) is 101 Å². The molecular formula is C21H25N3O5S. The van der Waals surface area contributed by atoms with Crippen LogP contribution < -0.4 is 0 Å². The second-order valence-corrected chi connectivity index (χ2v) is 9.14. The molecule has 160 valence electrons. The Bertz CT molecular complexity index is 1000. The maximum absolute atomic E-state index is 12.9. The molecule has 0 radical (unpaired) electrons. The summed E-state index contributed by atoms with van der Waals surface area (Å²) >= 11 is 0. The molecular weight excluding hydrogens is 406 g/mol. The first-order valence-corrected chi connectivity index (χ1v) is 11.3. The van der Waals surface area contributed by atoms with Crippen LogP contribution in [-0.4, -0.2) is 54.6 Å². The van der Waals surface area contributed by atoms with E-state index in [9.17, 15) is 23.3 Å². The fourth-order valence-corrected chi connectivity index (χ4v) is 5.29. The van der Waals surface area contributed by atoms with Crippen molar-refractivity contribution in [3.63, 3.8) is 0 Å². The lowest BCUT2D eigenvalue weighted by Gasteiger charge is -2.34. The molecule has 1 aliphatic rings. The summed E-state index contributed by atoms with van der Waals surface area (Å²) in [6.45, 7) is 2.81. The zero-order valence-corrected chi connectivity index (χ0v) is 17.6. The van der Waals surface area contributed by atoms with Crippen molar-refractivity contribution in [3.05, 3.63) is 70.3 Å². The largest absolute Gasteiger partial charge is 0.340 e. The smallest absolute Gasteiger partial charge is 0.289 e.